The fourth-order valence-electron chi connectivity index (χ4n) is 8.82. The summed E-state index contributed by atoms with van der Waals surface area (Å²) in [7, 11) is 0. The highest BCUT2D eigenvalue weighted by Crippen LogP contribution is 2.44. The second-order valence-electron chi connectivity index (χ2n) is 14.8. The summed E-state index contributed by atoms with van der Waals surface area (Å²) in [5.41, 5.74) is 9.60. The number of fused-ring (bicyclic) bond motifs is 9. The highest BCUT2D eigenvalue weighted by Gasteiger charge is 2.27. The minimum absolute atomic E-state index is 0.0833. The zero-order valence-electron chi connectivity index (χ0n) is 30.7. The van der Waals surface area contributed by atoms with Crippen molar-refractivity contribution in [2.75, 3.05) is 0 Å². The van der Waals surface area contributed by atoms with Crippen LogP contribution in [0, 0.1) is 0 Å². The summed E-state index contributed by atoms with van der Waals surface area (Å²) in [4.78, 5) is 5.29. The Hall–Kier alpha value is -6.57. The highest BCUT2D eigenvalue weighted by molar-refractivity contribution is 7.26. The molecule has 0 bridgehead atoms. The van der Waals surface area contributed by atoms with Gasteiger partial charge in [-0.2, -0.15) is 0 Å². The first-order chi connectivity index (χ1) is 28.2. The van der Waals surface area contributed by atoms with E-state index in [2.05, 4.69) is 197 Å². The summed E-state index contributed by atoms with van der Waals surface area (Å²) < 4.78 is 7.54. The van der Waals surface area contributed by atoms with Crippen LogP contribution in [0.5, 0.6) is 0 Å². The van der Waals surface area contributed by atoms with E-state index < -0.39 is 0 Å². The van der Waals surface area contributed by atoms with Crippen LogP contribution in [-0.4, -0.2) is 10.4 Å². The van der Waals surface area contributed by atoms with Crippen LogP contribution in [-0.2, 0) is 0 Å². The molecule has 2 atom stereocenters. The Bertz CT molecular complexity index is 3320. The van der Waals surface area contributed by atoms with Crippen molar-refractivity contribution in [3.63, 3.8) is 0 Å². The van der Waals surface area contributed by atoms with Crippen LogP contribution in [0.2, 0.25) is 0 Å². The number of hydrogen-bond acceptors (Lipinski definition) is 5. The van der Waals surface area contributed by atoms with Crippen molar-refractivity contribution in [3.8, 4) is 16.8 Å². The van der Waals surface area contributed by atoms with Crippen molar-refractivity contribution in [1.82, 2.24) is 15.2 Å². The standard InChI is InChI=1S/C51H34N4S2/c1-3-13-31(14-4-1)49-52-50(32-15-5-2-6-16-32)54-51(53-49)41-22-12-21-40-42-29-33(25-28-45(42)56-48(40)41)35-19-11-20-39-38-27-26-34(30-46(38)57-47(35)39)55-43-23-9-7-17-36(43)37-18-8-10-24-44(37)55/h1-30,49-50,52H,(H,53,54). The molecule has 0 saturated carbocycles. The minimum Gasteiger partial charge on any atom is -0.350 e. The first-order valence-corrected chi connectivity index (χ1v) is 21.0. The summed E-state index contributed by atoms with van der Waals surface area (Å²) in [6.07, 6.45) is -0.260. The van der Waals surface area contributed by atoms with Gasteiger partial charge < -0.3 is 9.88 Å². The van der Waals surface area contributed by atoms with Crippen molar-refractivity contribution in [3.05, 3.63) is 199 Å². The molecule has 0 aliphatic carbocycles. The molecule has 4 nitrogen and oxygen atoms in total. The van der Waals surface area contributed by atoms with Gasteiger partial charge in [0.05, 0.1) is 11.0 Å². The number of aliphatic imine (C=N–C) groups is 1. The zero-order chi connectivity index (χ0) is 37.5. The monoisotopic (exact) mass is 766 g/mol. The van der Waals surface area contributed by atoms with Gasteiger partial charge in [0.15, 0.2) is 0 Å². The summed E-state index contributed by atoms with van der Waals surface area (Å²) in [5, 5.41) is 15.2. The molecule has 12 rings (SSSR count). The molecule has 270 valence electrons. The number of benzene rings is 8. The molecule has 0 amide bonds. The maximum atomic E-state index is 5.29. The van der Waals surface area contributed by atoms with Gasteiger partial charge in [0.25, 0.3) is 0 Å². The maximum absolute atomic E-state index is 5.29. The first-order valence-electron chi connectivity index (χ1n) is 19.4. The molecule has 0 spiro atoms. The van der Waals surface area contributed by atoms with Crippen molar-refractivity contribution >= 4 is 90.7 Å². The molecule has 0 saturated heterocycles. The molecule has 2 N–H and O–H groups in total. The lowest BCUT2D eigenvalue weighted by Crippen LogP contribution is -2.44. The predicted molar refractivity (Wildman–Crippen MR) is 243 cm³/mol. The molecule has 0 fully saturated rings. The Labute approximate surface area is 337 Å². The first kappa shape index (κ1) is 32.7. The van der Waals surface area contributed by atoms with Gasteiger partial charge in [-0.1, -0.05) is 140 Å². The number of aromatic nitrogens is 1. The summed E-state index contributed by atoms with van der Waals surface area (Å²) in [6, 6.07) is 66.0. The average Bonchev–Trinajstić information content (AvgIpc) is 3.96. The van der Waals surface area contributed by atoms with Crippen LogP contribution in [0.4, 0.5) is 0 Å². The number of rotatable bonds is 5. The molecule has 0 radical (unpaired) electrons. The van der Waals surface area contributed by atoms with Gasteiger partial charge in [0, 0.05) is 62.4 Å². The Morgan fingerprint density at radius 3 is 1.82 bits per heavy atom. The normalized spacial score (nSPS) is 15.9. The van der Waals surface area contributed by atoms with Crippen LogP contribution in [0.3, 0.4) is 0 Å². The van der Waals surface area contributed by atoms with E-state index in [9.17, 15) is 0 Å². The second kappa shape index (κ2) is 13.0. The Morgan fingerprint density at radius 1 is 0.456 bits per heavy atom. The molecule has 3 aromatic heterocycles. The number of thiophene rings is 2. The molecule has 2 unspecified atom stereocenters. The third kappa shape index (κ3) is 5.26. The van der Waals surface area contributed by atoms with E-state index >= 15 is 0 Å². The SMILES string of the molecule is c1ccc(C2N=C(c3cccc4c3sc3ccc(-c5cccc6c5sc5cc(-n7c8ccccc8c8ccccc87)ccc56)cc34)NC(c3ccccc3)N2)cc1. The number of hydrogen-bond donors (Lipinski definition) is 2. The van der Waals surface area contributed by atoms with Gasteiger partial charge in [0.1, 0.15) is 18.2 Å². The Morgan fingerprint density at radius 2 is 1.07 bits per heavy atom. The maximum Gasteiger partial charge on any atom is 0.133 e. The van der Waals surface area contributed by atoms with Gasteiger partial charge in [-0.15, -0.1) is 22.7 Å². The lowest BCUT2D eigenvalue weighted by Gasteiger charge is -2.32. The van der Waals surface area contributed by atoms with Gasteiger partial charge in [-0.05, 0) is 64.7 Å². The van der Waals surface area contributed by atoms with Gasteiger partial charge in [-0.3, -0.25) is 5.32 Å². The number of nitrogens with one attached hydrogen (secondary N) is 2. The molecule has 6 heteroatoms. The quantitative estimate of drug-likeness (QED) is 0.183. The number of para-hydroxylation sites is 2. The van der Waals surface area contributed by atoms with Gasteiger partial charge in [0.2, 0.25) is 0 Å². The molecule has 57 heavy (non-hydrogen) atoms. The number of nitrogens with zero attached hydrogens (tertiary/aromatic N) is 2. The molecule has 4 heterocycles. The van der Waals surface area contributed by atoms with Crippen molar-refractivity contribution in [2.24, 2.45) is 4.99 Å². The lowest BCUT2D eigenvalue weighted by molar-refractivity contribution is 0.409. The summed E-state index contributed by atoms with van der Waals surface area (Å²) >= 11 is 3.74. The average molecular weight is 767 g/mol. The van der Waals surface area contributed by atoms with Gasteiger partial charge in [-0.25, -0.2) is 4.99 Å². The van der Waals surface area contributed by atoms with Crippen molar-refractivity contribution in [1.29, 1.82) is 0 Å². The summed E-state index contributed by atoms with van der Waals surface area (Å²) in [5.74, 6) is 0.907. The van der Waals surface area contributed by atoms with Crippen LogP contribution in [0.1, 0.15) is 29.0 Å². The molecular weight excluding hydrogens is 733 g/mol. The topological polar surface area (TPSA) is 41.4 Å². The van der Waals surface area contributed by atoms with Crippen molar-refractivity contribution < 1.29 is 0 Å². The Kier molecular flexibility index (Phi) is 7.45. The van der Waals surface area contributed by atoms with E-state index in [-0.39, 0.29) is 12.3 Å². The molecule has 11 aromatic rings. The fourth-order valence-corrected chi connectivity index (χ4v) is 11.3. The summed E-state index contributed by atoms with van der Waals surface area (Å²) in [6.45, 7) is 0. The van der Waals surface area contributed by atoms with Crippen LogP contribution in [0.15, 0.2) is 187 Å². The van der Waals surface area contributed by atoms with E-state index in [1.807, 2.05) is 22.7 Å². The highest BCUT2D eigenvalue weighted by atomic mass is 32.1. The van der Waals surface area contributed by atoms with E-state index in [1.54, 1.807) is 0 Å². The smallest absolute Gasteiger partial charge is 0.133 e. The second-order valence-corrected chi connectivity index (χ2v) is 16.9. The van der Waals surface area contributed by atoms with E-state index in [0.717, 1.165) is 17.0 Å². The van der Waals surface area contributed by atoms with Crippen LogP contribution in [0.25, 0.3) is 79.0 Å². The van der Waals surface area contributed by atoms with Crippen LogP contribution >= 0.6 is 22.7 Å². The largest absolute Gasteiger partial charge is 0.350 e. The van der Waals surface area contributed by atoms with Crippen molar-refractivity contribution in [2.45, 2.75) is 12.3 Å². The third-order valence-electron chi connectivity index (χ3n) is 11.5. The van der Waals surface area contributed by atoms with Gasteiger partial charge >= 0.3 is 0 Å². The van der Waals surface area contributed by atoms with E-state index in [1.165, 1.54) is 84.5 Å². The molecule has 8 aromatic carbocycles. The van der Waals surface area contributed by atoms with E-state index in [0.29, 0.717) is 0 Å². The Balaban J connectivity index is 0.967. The zero-order valence-corrected chi connectivity index (χ0v) is 32.3. The molecule has 1 aliphatic rings. The predicted octanol–water partition coefficient (Wildman–Crippen LogP) is 13.5. The fraction of sp³-hybridized carbons (Fsp3) is 0.0392. The molecule has 1 aliphatic heterocycles. The van der Waals surface area contributed by atoms with Crippen LogP contribution < -0.4 is 10.6 Å². The van der Waals surface area contributed by atoms with E-state index in [4.69, 9.17) is 4.99 Å². The minimum atomic E-state index is -0.177. The number of amidine groups is 1. The molecular formula is C51H34N4S2. The third-order valence-corrected chi connectivity index (χ3v) is 13.9. The lowest BCUT2D eigenvalue weighted by atomic mass is 10.00.